The van der Waals surface area contributed by atoms with E-state index in [1.165, 1.54) is 4.90 Å². The van der Waals surface area contributed by atoms with Crippen LogP contribution in [0.2, 0.25) is 0 Å². The molecule has 1 aliphatic rings. The molecule has 0 aromatic heterocycles. The summed E-state index contributed by atoms with van der Waals surface area (Å²) in [7, 11) is 0. The van der Waals surface area contributed by atoms with E-state index in [0.29, 0.717) is 16.8 Å². The molecular formula is C24H21NO5. The van der Waals surface area contributed by atoms with Gasteiger partial charge in [0, 0.05) is 11.1 Å². The van der Waals surface area contributed by atoms with E-state index in [1.54, 1.807) is 43.3 Å². The zero-order valence-corrected chi connectivity index (χ0v) is 16.5. The molecule has 6 nitrogen and oxygen atoms in total. The summed E-state index contributed by atoms with van der Waals surface area (Å²) in [5, 5.41) is 13.0. The Balaban J connectivity index is 1.70. The van der Waals surface area contributed by atoms with E-state index < -0.39 is 23.9 Å². The van der Waals surface area contributed by atoms with Gasteiger partial charge in [-0.05, 0) is 23.8 Å². The Morgan fingerprint density at radius 2 is 1.70 bits per heavy atom. The maximum atomic E-state index is 13.2. The molecule has 1 heterocycles. The minimum Gasteiger partial charge on any atom is -0.465 e. The zero-order chi connectivity index (χ0) is 21.3. The highest BCUT2D eigenvalue weighted by atomic mass is 16.5. The first-order chi connectivity index (χ1) is 14.5. The summed E-state index contributed by atoms with van der Waals surface area (Å²) in [6.45, 7) is 1.54. The number of carbonyl (C=O) groups excluding carboxylic acids is 3. The number of benzene rings is 3. The lowest BCUT2D eigenvalue weighted by molar-refractivity contribution is -0.144. The minimum absolute atomic E-state index is 0.187. The topological polar surface area (TPSA) is 83.9 Å². The number of ketones is 1. The maximum Gasteiger partial charge on any atom is 0.326 e. The van der Waals surface area contributed by atoms with Crippen molar-refractivity contribution >= 4 is 34.1 Å². The molecule has 3 aromatic rings. The molecule has 1 N–H and O–H groups in total. The molecule has 3 aromatic carbocycles. The van der Waals surface area contributed by atoms with E-state index in [0.717, 1.165) is 10.8 Å². The van der Waals surface area contributed by atoms with Crippen LogP contribution in [-0.4, -0.2) is 35.9 Å². The lowest BCUT2D eigenvalue weighted by Gasteiger charge is -2.22. The summed E-state index contributed by atoms with van der Waals surface area (Å²) in [4.78, 5) is 39.5. The number of anilines is 1. The van der Waals surface area contributed by atoms with E-state index >= 15 is 0 Å². The Morgan fingerprint density at radius 3 is 2.50 bits per heavy atom. The number of fused-ring (bicyclic) bond motifs is 2. The van der Waals surface area contributed by atoms with Crippen molar-refractivity contribution in [1.82, 2.24) is 0 Å². The van der Waals surface area contributed by atoms with E-state index in [9.17, 15) is 19.5 Å². The Hall–Kier alpha value is -3.51. The number of hydrogen-bond donors (Lipinski definition) is 1. The van der Waals surface area contributed by atoms with Gasteiger partial charge in [0.15, 0.2) is 11.4 Å². The van der Waals surface area contributed by atoms with E-state index in [2.05, 4.69) is 0 Å². The van der Waals surface area contributed by atoms with Crippen LogP contribution in [0.4, 0.5) is 5.69 Å². The van der Waals surface area contributed by atoms with Gasteiger partial charge in [-0.25, -0.2) is 0 Å². The van der Waals surface area contributed by atoms with Gasteiger partial charge in [0.2, 0.25) is 0 Å². The number of Topliss-reactive ketones (excluding diaryl/α,β-unsaturated/α-hetero) is 1. The first kappa shape index (κ1) is 19.8. The van der Waals surface area contributed by atoms with E-state index in [1.807, 2.05) is 30.3 Å². The molecule has 0 bridgehead atoms. The predicted octanol–water partition coefficient (Wildman–Crippen LogP) is 3.21. The number of ether oxygens (including phenoxy) is 1. The summed E-state index contributed by atoms with van der Waals surface area (Å²) in [5.74, 6) is -1.63. The zero-order valence-electron chi connectivity index (χ0n) is 16.5. The second-order valence-corrected chi connectivity index (χ2v) is 7.20. The third-order valence-corrected chi connectivity index (χ3v) is 5.34. The lowest BCUT2D eigenvalue weighted by atomic mass is 9.87. The molecule has 0 spiro atoms. The van der Waals surface area contributed by atoms with Crippen LogP contribution in [-0.2, 0) is 19.9 Å². The van der Waals surface area contributed by atoms with Crippen molar-refractivity contribution in [3.05, 3.63) is 77.9 Å². The molecule has 1 unspecified atom stereocenters. The number of nitrogens with zero attached hydrogens (tertiary/aromatic N) is 1. The van der Waals surface area contributed by atoms with Crippen LogP contribution in [0.1, 0.15) is 29.3 Å². The summed E-state index contributed by atoms with van der Waals surface area (Å²) in [6.07, 6.45) is -0.420. The van der Waals surface area contributed by atoms with Crippen LogP contribution in [0.15, 0.2) is 66.7 Å². The molecule has 30 heavy (non-hydrogen) atoms. The Morgan fingerprint density at radius 1 is 1.00 bits per heavy atom. The van der Waals surface area contributed by atoms with Gasteiger partial charge < -0.3 is 9.84 Å². The smallest absolute Gasteiger partial charge is 0.326 e. The Labute approximate surface area is 173 Å². The predicted molar refractivity (Wildman–Crippen MR) is 112 cm³/mol. The molecule has 0 radical (unpaired) electrons. The van der Waals surface area contributed by atoms with E-state index in [4.69, 9.17) is 4.74 Å². The number of rotatable bonds is 6. The van der Waals surface area contributed by atoms with Gasteiger partial charge in [-0.2, -0.15) is 0 Å². The van der Waals surface area contributed by atoms with Crippen LogP contribution < -0.4 is 4.90 Å². The second-order valence-electron chi connectivity index (χ2n) is 7.20. The van der Waals surface area contributed by atoms with Crippen molar-refractivity contribution in [1.29, 1.82) is 0 Å². The summed E-state index contributed by atoms with van der Waals surface area (Å²) in [6, 6.07) is 19.5. The first-order valence-corrected chi connectivity index (χ1v) is 9.76. The Bertz CT molecular complexity index is 1150. The fraction of sp³-hybridized carbons (Fsp3) is 0.208. The molecule has 0 aliphatic carbocycles. The SMILES string of the molecule is CCOC(=O)CN1C(=O)C(O)(CC(=O)c2cccc3ccccc23)c2ccccc21. The number of para-hydroxylation sites is 1. The maximum absolute atomic E-state index is 13.2. The van der Waals surface area contributed by atoms with Gasteiger partial charge in [0.05, 0.1) is 18.7 Å². The van der Waals surface area contributed by atoms with Crippen molar-refractivity contribution < 1.29 is 24.2 Å². The summed E-state index contributed by atoms with van der Waals surface area (Å²) in [5.41, 5.74) is -0.885. The fourth-order valence-corrected chi connectivity index (χ4v) is 3.97. The average molecular weight is 403 g/mol. The van der Waals surface area contributed by atoms with Crippen molar-refractivity contribution in [2.45, 2.75) is 18.9 Å². The quantitative estimate of drug-likeness (QED) is 0.505. The van der Waals surface area contributed by atoms with Gasteiger partial charge in [0.1, 0.15) is 6.54 Å². The van der Waals surface area contributed by atoms with Gasteiger partial charge in [-0.1, -0.05) is 60.7 Å². The van der Waals surface area contributed by atoms with Gasteiger partial charge in [-0.15, -0.1) is 0 Å². The molecule has 0 fully saturated rings. The third kappa shape index (κ3) is 3.25. The van der Waals surface area contributed by atoms with Crippen LogP contribution in [0.3, 0.4) is 0 Å². The monoisotopic (exact) mass is 403 g/mol. The fourth-order valence-electron chi connectivity index (χ4n) is 3.97. The van der Waals surface area contributed by atoms with Crippen LogP contribution in [0.25, 0.3) is 10.8 Å². The normalized spacial score (nSPS) is 17.8. The minimum atomic E-state index is -2.04. The van der Waals surface area contributed by atoms with Gasteiger partial charge >= 0.3 is 5.97 Å². The standard InChI is InChI=1S/C24H21NO5/c1-2-30-22(27)15-25-20-13-6-5-12-19(20)24(29,23(25)28)14-21(26)18-11-7-9-16-8-3-4-10-17(16)18/h3-13,29H,2,14-15H2,1H3. The number of hydrogen-bond acceptors (Lipinski definition) is 5. The third-order valence-electron chi connectivity index (χ3n) is 5.34. The Kier molecular flexibility index (Phi) is 5.10. The molecule has 4 rings (SSSR count). The molecule has 0 saturated heterocycles. The highest BCUT2D eigenvalue weighted by Gasteiger charge is 2.51. The summed E-state index contributed by atoms with van der Waals surface area (Å²) < 4.78 is 4.95. The average Bonchev–Trinajstić information content (AvgIpc) is 2.95. The van der Waals surface area contributed by atoms with Crippen LogP contribution >= 0.6 is 0 Å². The second kappa shape index (κ2) is 7.72. The van der Waals surface area contributed by atoms with Crippen molar-refractivity contribution in [3.8, 4) is 0 Å². The molecule has 0 saturated carbocycles. The van der Waals surface area contributed by atoms with Crippen molar-refractivity contribution in [2.24, 2.45) is 0 Å². The number of esters is 1. The highest BCUT2D eigenvalue weighted by Crippen LogP contribution is 2.43. The lowest BCUT2D eigenvalue weighted by Crippen LogP contribution is -2.44. The van der Waals surface area contributed by atoms with E-state index in [-0.39, 0.29) is 18.9 Å². The molecule has 1 atom stereocenters. The summed E-state index contributed by atoms with van der Waals surface area (Å²) >= 11 is 0. The highest BCUT2D eigenvalue weighted by molar-refractivity contribution is 6.14. The van der Waals surface area contributed by atoms with Crippen molar-refractivity contribution in [3.63, 3.8) is 0 Å². The molecule has 1 amide bonds. The number of carbonyl (C=O) groups is 3. The molecule has 1 aliphatic heterocycles. The largest absolute Gasteiger partial charge is 0.465 e. The van der Waals surface area contributed by atoms with Crippen LogP contribution in [0.5, 0.6) is 0 Å². The molecule has 152 valence electrons. The first-order valence-electron chi connectivity index (χ1n) is 9.76. The van der Waals surface area contributed by atoms with Crippen molar-refractivity contribution in [2.75, 3.05) is 18.1 Å². The number of amides is 1. The number of aliphatic hydroxyl groups is 1. The molecular weight excluding hydrogens is 382 g/mol. The van der Waals surface area contributed by atoms with Gasteiger partial charge in [-0.3, -0.25) is 19.3 Å². The van der Waals surface area contributed by atoms with Crippen LogP contribution in [0, 0.1) is 0 Å². The molecule has 6 heteroatoms. The van der Waals surface area contributed by atoms with Gasteiger partial charge in [0.25, 0.3) is 5.91 Å².